The number of hydrogen-bond donors (Lipinski definition) is 0. The van der Waals surface area contributed by atoms with Crippen molar-refractivity contribution >= 4 is 21.7 Å². The molecule has 0 aliphatic heterocycles. The number of carbonyl (C=O) groups excluding carboxylic acids is 1. The first-order valence-electron chi connectivity index (χ1n) is 6.14. The molecule has 1 nitrogen and oxygen atoms in total. The largest absolute Gasteiger partial charge is 0.299 e. The molecule has 3 heteroatoms. The SMILES string of the molecule is CC1(C)C(C(=O)Cc2ccc(F)c(Br)c2)C1(C)C. The lowest BCUT2D eigenvalue weighted by atomic mass is 10.0. The summed E-state index contributed by atoms with van der Waals surface area (Å²) >= 11 is 3.15. The van der Waals surface area contributed by atoms with E-state index in [1.807, 2.05) is 0 Å². The normalized spacial score (nSPS) is 20.8. The predicted molar refractivity (Wildman–Crippen MR) is 73.9 cm³/mol. The van der Waals surface area contributed by atoms with Crippen LogP contribution in [0.1, 0.15) is 33.3 Å². The van der Waals surface area contributed by atoms with Gasteiger partial charge in [-0.05, 0) is 44.5 Å². The zero-order valence-electron chi connectivity index (χ0n) is 11.2. The van der Waals surface area contributed by atoms with Crippen LogP contribution in [-0.2, 0) is 11.2 Å². The molecular formula is C15H18BrFO. The van der Waals surface area contributed by atoms with Crippen LogP contribution < -0.4 is 0 Å². The summed E-state index contributed by atoms with van der Waals surface area (Å²) in [5.41, 5.74) is 1.01. The van der Waals surface area contributed by atoms with Crippen molar-refractivity contribution in [2.75, 3.05) is 0 Å². The van der Waals surface area contributed by atoms with Gasteiger partial charge in [-0.3, -0.25) is 4.79 Å². The van der Waals surface area contributed by atoms with E-state index in [-0.39, 0.29) is 28.3 Å². The second-order valence-electron chi connectivity index (χ2n) is 6.27. The van der Waals surface area contributed by atoms with Crippen LogP contribution in [0.15, 0.2) is 22.7 Å². The molecule has 0 radical (unpaired) electrons. The summed E-state index contributed by atoms with van der Waals surface area (Å²) in [6, 6.07) is 4.77. The Morgan fingerprint density at radius 1 is 1.28 bits per heavy atom. The molecule has 0 aromatic heterocycles. The first-order chi connectivity index (χ1) is 8.18. The Morgan fingerprint density at radius 3 is 2.28 bits per heavy atom. The third kappa shape index (κ3) is 2.03. The van der Waals surface area contributed by atoms with Crippen LogP contribution in [0.5, 0.6) is 0 Å². The van der Waals surface area contributed by atoms with Gasteiger partial charge in [-0.1, -0.05) is 33.8 Å². The molecule has 1 aromatic carbocycles. The Hall–Kier alpha value is -0.700. The molecule has 1 aromatic rings. The highest BCUT2D eigenvalue weighted by molar-refractivity contribution is 9.10. The van der Waals surface area contributed by atoms with Gasteiger partial charge >= 0.3 is 0 Å². The number of carbonyl (C=O) groups is 1. The Bertz CT molecular complexity index is 491. The summed E-state index contributed by atoms with van der Waals surface area (Å²) in [6.07, 6.45) is 0.385. The van der Waals surface area contributed by atoms with E-state index in [1.54, 1.807) is 12.1 Å². The molecule has 1 fully saturated rings. The van der Waals surface area contributed by atoms with Crippen molar-refractivity contribution in [2.24, 2.45) is 16.7 Å². The van der Waals surface area contributed by atoms with Gasteiger partial charge < -0.3 is 0 Å². The number of rotatable bonds is 3. The van der Waals surface area contributed by atoms with E-state index in [2.05, 4.69) is 43.6 Å². The van der Waals surface area contributed by atoms with E-state index in [9.17, 15) is 9.18 Å². The van der Waals surface area contributed by atoms with E-state index >= 15 is 0 Å². The van der Waals surface area contributed by atoms with E-state index in [0.29, 0.717) is 10.9 Å². The lowest BCUT2D eigenvalue weighted by molar-refractivity contribution is -0.120. The van der Waals surface area contributed by atoms with Crippen molar-refractivity contribution in [3.63, 3.8) is 0 Å². The first-order valence-corrected chi connectivity index (χ1v) is 6.94. The molecule has 0 spiro atoms. The van der Waals surface area contributed by atoms with Gasteiger partial charge in [0.1, 0.15) is 11.6 Å². The van der Waals surface area contributed by atoms with Gasteiger partial charge in [0.15, 0.2) is 0 Å². The zero-order chi connectivity index (χ0) is 13.7. The molecule has 1 aliphatic carbocycles. The summed E-state index contributed by atoms with van der Waals surface area (Å²) < 4.78 is 13.5. The zero-order valence-corrected chi connectivity index (χ0v) is 12.8. The van der Waals surface area contributed by atoms with Gasteiger partial charge in [0.05, 0.1) is 4.47 Å². The van der Waals surface area contributed by atoms with E-state index in [1.165, 1.54) is 6.07 Å². The molecule has 0 heterocycles. The molecule has 0 saturated heterocycles. The maximum atomic E-state index is 13.1. The topological polar surface area (TPSA) is 17.1 Å². The number of ketones is 1. The highest BCUT2D eigenvalue weighted by atomic mass is 79.9. The number of halogens is 2. The van der Waals surface area contributed by atoms with Crippen molar-refractivity contribution in [3.8, 4) is 0 Å². The van der Waals surface area contributed by atoms with Gasteiger partial charge in [-0.25, -0.2) is 4.39 Å². The molecule has 98 valence electrons. The van der Waals surface area contributed by atoms with Crippen molar-refractivity contribution in [3.05, 3.63) is 34.1 Å². The van der Waals surface area contributed by atoms with Crippen LogP contribution in [0.2, 0.25) is 0 Å². The van der Waals surface area contributed by atoms with Crippen molar-refractivity contribution in [1.29, 1.82) is 0 Å². The molecule has 1 saturated carbocycles. The summed E-state index contributed by atoms with van der Waals surface area (Å²) in [5.74, 6) is 0.0654. The van der Waals surface area contributed by atoms with E-state index < -0.39 is 0 Å². The van der Waals surface area contributed by atoms with Gasteiger partial charge in [-0.2, -0.15) is 0 Å². The highest BCUT2D eigenvalue weighted by Crippen LogP contribution is 2.68. The standard InChI is InChI=1S/C15H18BrFO/c1-14(2)13(15(14,3)4)12(18)8-9-5-6-11(17)10(16)7-9/h5-7,13H,8H2,1-4H3. The molecule has 0 bridgehead atoms. The molecule has 1 aliphatic rings. The number of hydrogen-bond acceptors (Lipinski definition) is 1. The maximum absolute atomic E-state index is 13.1. The lowest BCUT2D eigenvalue weighted by Gasteiger charge is -2.04. The van der Waals surface area contributed by atoms with Gasteiger partial charge in [0.2, 0.25) is 0 Å². The van der Waals surface area contributed by atoms with Crippen molar-refractivity contribution in [1.82, 2.24) is 0 Å². The minimum absolute atomic E-state index is 0.0708. The summed E-state index contributed by atoms with van der Waals surface area (Å²) in [6.45, 7) is 8.54. The van der Waals surface area contributed by atoms with Gasteiger partial charge in [-0.15, -0.1) is 0 Å². The number of benzene rings is 1. The molecular weight excluding hydrogens is 295 g/mol. The minimum atomic E-state index is -0.293. The average molecular weight is 313 g/mol. The molecule has 2 rings (SSSR count). The van der Waals surface area contributed by atoms with Crippen molar-refractivity contribution < 1.29 is 9.18 Å². The van der Waals surface area contributed by atoms with Crippen LogP contribution >= 0.6 is 15.9 Å². The van der Waals surface area contributed by atoms with Crippen LogP contribution in [0.3, 0.4) is 0 Å². The summed E-state index contributed by atoms with van der Waals surface area (Å²) in [4.78, 5) is 12.3. The number of Topliss-reactive ketones (excluding diaryl/α,β-unsaturated/α-hetero) is 1. The third-order valence-corrected chi connectivity index (χ3v) is 5.31. The van der Waals surface area contributed by atoms with Gasteiger partial charge in [0, 0.05) is 12.3 Å². The molecule has 0 amide bonds. The second-order valence-corrected chi connectivity index (χ2v) is 7.12. The Kier molecular flexibility index (Phi) is 3.17. The maximum Gasteiger partial charge on any atom is 0.141 e. The Morgan fingerprint density at radius 2 is 1.83 bits per heavy atom. The van der Waals surface area contributed by atoms with E-state index in [4.69, 9.17) is 0 Å². The highest BCUT2D eigenvalue weighted by Gasteiger charge is 2.67. The van der Waals surface area contributed by atoms with Crippen LogP contribution in [0, 0.1) is 22.6 Å². The lowest BCUT2D eigenvalue weighted by Crippen LogP contribution is -2.10. The van der Waals surface area contributed by atoms with Crippen molar-refractivity contribution in [2.45, 2.75) is 34.1 Å². The minimum Gasteiger partial charge on any atom is -0.299 e. The summed E-state index contributed by atoms with van der Waals surface area (Å²) in [7, 11) is 0. The first kappa shape index (κ1) is 13.7. The molecule has 0 unspecified atom stereocenters. The van der Waals surface area contributed by atoms with Crippen LogP contribution in [-0.4, -0.2) is 5.78 Å². The quantitative estimate of drug-likeness (QED) is 0.809. The fourth-order valence-electron chi connectivity index (χ4n) is 2.95. The van der Waals surface area contributed by atoms with Crippen LogP contribution in [0.4, 0.5) is 4.39 Å². The third-order valence-electron chi connectivity index (χ3n) is 4.71. The van der Waals surface area contributed by atoms with Gasteiger partial charge in [0.25, 0.3) is 0 Å². The molecule has 18 heavy (non-hydrogen) atoms. The summed E-state index contributed by atoms with van der Waals surface area (Å²) in [5, 5.41) is 0. The van der Waals surface area contributed by atoms with E-state index in [0.717, 1.165) is 5.56 Å². The fraction of sp³-hybridized carbons (Fsp3) is 0.533. The second kappa shape index (κ2) is 4.16. The molecule has 0 N–H and O–H groups in total. The average Bonchev–Trinajstić information content (AvgIpc) is 2.63. The Labute approximate surface area is 116 Å². The smallest absolute Gasteiger partial charge is 0.141 e. The molecule has 0 atom stereocenters. The monoisotopic (exact) mass is 312 g/mol. The predicted octanol–water partition coefficient (Wildman–Crippen LogP) is 4.38. The van der Waals surface area contributed by atoms with Crippen LogP contribution in [0.25, 0.3) is 0 Å². The fourth-order valence-corrected chi connectivity index (χ4v) is 3.38. The Balaban J connectivity index is 2.12.